The number of hydrogen-bond acceptors (Lipinski definition) is 7. The normalized spacial score (nSPS) is 13.5. The van der Waals surface area contributed by atoms with Crippen molar-refractivity contribution in [3.05, 3.63) is 33.6 Å². The fourth-order valence-electron chi connectivity index (χ4n) is 1.68. The molecule has 0 aliphatic carbocycles. The standard InChI is InChI=1S/C12H14FNO7/c1-2-21-10(16)5-9(15)12(18)7-3-6(13)4-8(11(7)17)14(19)20/h3-4,9,12,15,17-18H,2,5H2,1H3. The predicted octanol–water partition coefficient (Wildman–Crippen LogP) is 0.787. The Kier molecular flexibility index (Phi) is 5.56. The van der Waals surface area contributed by atoms with Gasteiger partial charge in [0.15, 0.2) is 0 Å². The van der Waals surface area contributed by atoms with E-state index in [2.05, 4.69) is 4.74 Å². The molecule has 0 aliphatic rings. The van der Waals surface area contributed by atoms with E-state index in [1.54, 1.807) is 6.92 Å². The van der Waals surface area contributed by atoms with Crippen LogP contribution in [0.25, 0.3) is 0 Å². The minimum absolute atomic E-state index is 0.0678. The first-order valence-electron chi connectivity index (χ1n) is 5.96. The lowest BCUT2D eigenvalue weighted by atomic mass is 10.00. The van der Waals surface area contributed by atoms with Gasteiger partial charge in [0, 0.05) is 5.56 Å². The van der Waals surface area contributed by atoms with Gasteiger partial charge in [0.1, 0.15) is 11.9 Å². The van der Waals surface area contributed by atoms with E-state index in [1.807, 2.05) is 0 Å². The van der Waals surface area contributed by atoms with Gasteiger partial charge in [0.05, 0.1) is 30.1 Å². The molecule has 0 saturated heterocycles. The van der Waals surface area contributed by atoms with Gasteiger partial charge in [0.2, 0.25) is 5.75 Å². The summed E-state index contributed by atoms with van der Waals surface area (Å²) in [5.74, 6) is -2.86. The smallest absolute Gasteiger partial charge is 0.314 e. The number of phenolic OH excluding ortho intramolecular Hbond substituents is 1. The zero-order chi connectivity index (χ0) is 16.2. The van der Waals surface area contributed by atoms with Crippen molar-refractivity contribution in [2.24, 2.45) is 0 Å². The van der Waals surface area contributed by atoms with Crippen LogP contribution in [0.1, 0.15) is 25.0 Å². The van der Waals surface area contributed by atoms with Crippen molar-refractivity contribution >= 4 is 11.7 Å². The molecule has 21 heavy (non-hydrogen) atoms. The van der Waals surface area contributed by atoms with Crippen LogP contribution in [0.2, 0.25) is 0 Å². The molecule has 0 aliphatic heterocycles. The Labute approximate surface area is 118 Å². The number of aliphatic hydroxyl groups excluding tert-OH is 2. The molecule has 116 valence electrons. The van der Waals surface area contributed by atoms with E-state index in [9.17, 15) is 34.6 Å². The molecule has 0 fully saturated rings. The molecule has 1 aromatic rings. The Morgan fingerprint density at radius 2 is 2.10 bits per heavy atom. The van der Waals surface area contributed by atoms with Crippen molar-refractivity contribution in [1.29, 1.82) is 0 Å². The second kappa shape index (κ2) is 6.95. The highest BCUT2D eigenvalue weighted by molar-refractivity contribution is 5.70. The number of ether oxygens (including phenoxy) is 1. The number of halogens is 1. The molecular formula is C12H14FNO7. The average Bonchev–Trinajstić information content (AvgIpc) is 2.40. The van der Waals surface area contributed by atoms with Crippen LogP contribution in [0.3, 0.4) is 0 Å². The molecule has 0 radical (unpaired) electrons. The third-order valence-corrected chi connectivity index (χ3v) is 2.64. The minimum Gasteiger partial charge on any atom is -0.502 e. The van der Waals surface area contributed by atoms with Crippen LogP contribution in [0, 0.1) is 15.9 Å². The molecule has 0 bridgehead atoms. The third-order valence-electron chi connectivity index (χ3n) is 2.64. The van der Waals surface area contributed by atoms with Gasteiger partial charge in [-0.2, -0.15) is 0 Å². The van der Waals surface area contributed by atoms with Crippen LogP contribution >= 0.6 is 0 Å². The van der Waals surface area contributed by atoms with Crippen molar-refractivity contribution in [3.63, 3.8) is 0 Å². The van der Waals surface area contributed by atoms with E-state index in [1.165, 1.54) is 0 Å². The summed E-state index contributed by atoms with van der Waals surface area (Å²) in [5, 5.41) is 39.8. The van der Waals surface area contributed by atoms with Crippen molar-refractivity contribution in [2.75, 3.05) is 6.61 Å². The van der Waals surface area contributed by atoms with Crippen LogP contribution in [0.4, 0.5) is 10.1 Å². The van der Waals surface area contributed by atoms with E-state index in [-0.39, 0.29) is 6.61 Å². The number of benzene rings is 1. The molecule has 0 spiro atoms. The number of rotatable bonds is 6. The first-order valence-corrected chi connectivity index (χ1v) is 5.96. The van der Waals surface area contributed by atoms with E-state index in [4.69, 9.17) is 0 Å². The largest absolute Gasteiger partial charge is 0.502 e. The van der Waals surface area contributed by atoms with Crippen LogP contribution < -0.4 is 0 Å². The Hall–Kier alpha value is -2.26. The molecule has 0 aromatic heterocycles. The van der Waals surface area contributed by atoms with Crippen molar-refractivity contribution in [1.82, 2.24) is 0 Å². The van der Waals surface area contributed by atoms with E-state index < -0.39 is 52.3 Å². The maximum atomic E-state index is 13.3. The Morgan fingerprint density at radius 3 is 2.62 bits per heavy atom. The number of phenols is 1. The van der Waals surface area contributed by atoms with Gasteiger partial charge >= 0.3 is 11.7 Å². The highest BCUT2D eigenvalue weighted by atomic mass is 19.1. The maximum Gasteiger partial charge on any atom is 0.314 e. The zero-order valence-electron chi connectivity index (χ0n) is 11.0. The minimum atomic E-state index is -1.89. The molecule has 8 nitrogen and oxygen atoms in total. The van der Waals surface area contributed by atoms with E-state index in [0.29, 0.717) is 12.1 Å². The summed E-state index contributed by atoms with van der Waals surface area (Å²) >= 11 is 0. The highest BCUT2D eigenvalue weighted by Gasteiger charge is 2.29. The van der Waals surface area contributed by atoms with Gasteiger partial charge in [-0.05, 0) is 13.0 Å². The Bertz CT molecular complexity index is 549. The predicted molar refractivity (Wildman–Crippen MR) is 66.9 cm³/mol. The van der Waals surface area contributed by atoms with Gasteiger partial charge < -0.3 is 20.1 Å². The summed E-state index contributed by atoms with van der Waals surface area (Å²) < 4.78 is 17.8. The quantitative estimate of drug-likeness (QED) is 0.402. The van der Waals surface area contributed by atoms with Crippen molar-refractivity contribution < 1.29 is 34.2 Å². The number of aliphatic hydroxyl groups is 2. The zero-order valence-corrected chi connectivity index (χ0v) is 11.0. The lowest BCUT2D eigenvalue weighted by molar-refractivity contribution is -0.386. The highest BCUT2D eigenvalue weighted by Crippen LogP contribution is 2.36. The summed E-state index contributed by atoms with van der Waals surface area (Å²) in [6.45, 7) is 1.61. The monoisotopic (exact) mass is 303 g/mol. The number of esters is 1. The number of nitro benzene ring substituents is 1. The van der Waals surface area contributed by atoms with Crippen LogP contribution in [-0.2, 0) is 9.53 Å². The maximum absolute atomic E-state index is 13.3. The molecular weight excluding hydrogens is 289 g/mol. The number of aromatic hydroxyl groups is 1. The van der Waals surface area contributed by atoms with Crippen LogP contribution in [0.15, 0.2) is 12.1 Å². The summed E-state index contributed by atoms with van der Waals surface area (Å²) in [6, 6.07) is 1.12. The van der Waals surface area contributed by atoms with Crippen molar-refractivity contribution in [2.45, 2.75) is 25.6 Å². The fraction of sp³-hybridized carbons (Fsp3) is 0.417. The summed E-state index contributed by atoms with van der Waals surface area (Å²) in [5.41, 5.74) is -1.54. The molecule has 1 rings (SSSR count). The summed E-state index contributed by atoms with van der Waals surface area (Å²) in [6.07, 6.45) is -4.21. The number of nitro groups is 1. The van der Waals surface area contributed by atoms with Crippen molar-refractivity contribution in [3.8, 4) is 5.75 Å². The number of carbonyl (C=O) groups is 1. The first kappa shape index (κ1) is 16.8. The average molecular weight is 303 g/mol. The molecule has 1 aromatic carbocycles. The number of hydrogen-bond donors (Lipinski definition) is 3. The Balaban J connectivity index is 3.04. The van der Waals surface area contributed by atoms with E-state index in [0.717, 1.165) is 0 Å². The summed E-state index contributed by atoms with van der Waals surface area (Å²) in [4.78, 5) is 20.8. The second-order valence-corrected chi connectivity index (χ2v) is 4.14. The number of carbonyl (C=O) groups excluding carboxylic acids is 1. The molecule has 3 N–H and O–H groups in total. The van der Waals surface area contributed by atoms with Crippen LogP contribution in [0.5, 0.6) is 5.75 Å². The molecule has 0 heterocycles. The molecule has 2 unspecified atom stereocenters. The van der Waals surface area contributed by atoms with Gasteiger partial charge in [-0.25, -0.2) is 4.39 Å². The first-order chi connectivity index (χ1) is 9.77. The van der Waals surface area contributed by atoms with Gasteiger partial charge in [-0.1, -0.05) is 0 Å². The molecule has 0 amide bonds. The van der Waals surface area contributed by atoms with Gasteiger partial charge in [0.25, 0.3) is 0 Å². The lowest BCUT2D eigenvalue weighted by Crippen LogP contribution is -2.23. The van der Waals surface area contributed by atoms with Crippen LogP contribution in [-0.4, -0.2) is 38.9 Å². The number of nitrogens with zero attached hydrogens (tertiary/aromatic N) is 1. The third kappa shape index (κ3) is 4.10. The SMILES string of the molecule is CCOC(=O)CC(O)C(O)c1cc(F)cc([N+](=O)[O-])c1O. The van der Waals surface area contributed by atoms with Gasteiger partial charge in [-0.15, -0.1) is 0 Å². The molecule has 9 heteroatoms. The summed E-state index contributed by atoms with van der Waals surface area (Å²) in [7, 11) is 0. The Morgan fingerprint density at radius 1 is 1.48 bits per heavy atom. The molecule has 0 saturated carbocycles. The van der Waals surface area contributed by atoms with E-state index >= 15 is 0 Å². The van der Waals surface area contributed by atoms with Gasteiger partial charge in [-0.3, -0.25) is 14.9 Å². The molecule has 2 atom stereocenters. The lowest BCUT2D eigenvalue weighted by Gasteiger charge is -2.18. The topological polar surface area (TPSA) is 130 Å². The second-order valence-electron chi connectivity index (χ2n) is 4.14. The fourth-order valence-corrected chi connectivity index (χ4v) is 1.68.